The Balaban J connectivity index is 1.55. The summed E-state index contributed by atoms with van der Waals surface area (Å²) in [6.07, 6.45) is 11.9. The van der Waals surface area contributed by atoms with Crippen LogP contribution in [0.3, 0.4) is 0 Å². The van der Waals surface area contributed by atoms with Gasteiger partial charge in [-0.1, -0.05) is 25.3 Å². The number of rotatable bonds is 8. The van der Waals surface area contributed by atoms with E-state index in [-0.39, 0.29) is 0 Å². The topological polar surface area (TPSA) is 79.8 Å². The van der Waals surface area contributed by atoms with Crippen LogP contribution in [0, 0.1) is 0 Å². The van der Waals surface area contributed by atoms with Gasteiger partial charge in [0, 0.05) is 37.8 Å². The van der Waals surface area contributed by atoms with Gasteiger partial charge in [-0.25, -0.2) is 4.98 Å². The molecule has 7 heteroatoms. The third-order valence-electron chi connectivity index (χ3n) is 7.51. The maximum atomic E-state index is 12.6. The zero-order valence-electron chi connectivity index (χ0n) is 21.1. The van der Waals surface area contributed by atoms with Gasteiger partial charge in [0.25, 0.3) is 5.91 Å². The van der Waals surface area contributed by atoms with Crippen molar-refractivity contribution in [2.45, 2.75) is 51.0 Å². The quantitative estimate of drug-likeness (QED) is 0.503. The number of primary amides is 1. The molecule has 1 aliphatic heterocycles. The van der Waals surface area contributed by atoms with Crippen molar-refractivity contribution in [3.63, 3.8) is 0 Å². The first-order valence-corrected chi connectivity index (χ1v) is 12.8. The summed E-state index contributed by atoms with van der Waals surface area (Å²) < 4.78 is 2.36. The number of aliphatic imine (C=N–C) groups is 1. The third-order valence-corrected chi connectivity index (χ3v) is 7.51. The number of amides is 1. The summed E-state index contributed by atoms with van der Waals surface area (Å²) in [5.41, 5.74) is 13.4. The van der Waals surface area contributed by atoms with Gasteiger partial charge < -0.3 is 20.1 Å². The number of fused-ring (bicyclic) bond motifs is 2. The predicted molar refractivity (Wildman–Crippen MR) is 144 cm³/mol. The number of anilines is 1. The highest BCUT2D eigenvalue weighted by Gasteiger charge is 2.26. The second kappa shape index (κ2) is 9.82. The first kappa shape index (κ1) is 23.5. The van der Waals surface area contributed by atoms with Crippen LogP contribution in [-0.4, -0.2) is 60.8 Å². The van der Waals surface area contributed by atoms with E-state index < -0.39 is 5.91 Å². The maximum absolute atomic E-state index is 12.6. The SMILES string of the molecule is CN(C)CCCN(C)c1cc(-c2ccc3c(c2)ncn3C2CCCCC2)c2c(c1C(N)=O)CC=N2. The molecule has 0 unspecified atom stereocenters. The summed E-state index contributed by atoms with van der Waals surface area (Å²) in [6.45, 7) is 1.82. The van der Waals surface area contributed by atoms with Gasteiger partial charge in [0.15, 0.2) is 0 Å². The molecule has 35 heavy (non-hydrogen) atoms. The first-order chi connectivity index (χ1) is 16.9. The minimum absolute atomic E-state index is 0.394. The van der Waals surface area contributed by atoms with Crippen molar-refractivity contribution in [2.75, 3.05) is 39.1 Å². The number of aromatic nitrogens is 2. The lowest BCUT2D eigenvalue weighted by atomic mass is 9.93. The van der Waals surface area contributed by atoms with E-state index in [0.717, 1.165) is 53.1 Å². The van der Waals surface area contributed by atoms with Crippen LogP contribution in [0.2, 0.25) is 0 Å². The number of hydrogen-bond donors (Lipinski definition) is 1. The fourth-order valence-electron chi connectivity index (χ4n) is 5.68. The van der Waals surface area contributed by atoms with Gasteiger partial charge in [-0.05, 0) is 69.2 Å². The van der Waals surface area contributed by atoms with Crippen molar-refractivity contribution in [3.05, 3.63) is 41.7 Å². The van der Waals surface area contributed by atoms with Crippen LogP contribution in [0.1, 0.15) is 60.5 Å². The average molecular weight is 473 g/mol. The molecule has 184 valence electrons. The maximum Gasteiger partial charge on any atom is 0.251 e. The van der Waals surface area contributed by atoms with Crippen LogP contribution >= 0.6 is 0 Å². The summed E-state index contributed by atoms with van der Waals surface area (Å²) in [4.78, 5) is 26.3. The van der Waals surface area contributed by atoms with Gasteiger partial charge in [0.1, 0.15) is 0 Å². The van der Waals surface area contributed by atoms with Crippen molar-refractivity contribution in [1.29, 1.82) is 0 Å². The predicted octanol–water partition coefficient (Wildman–Crippen LogP) is 4.95. The zero-order valence-corrected chi connectivity index (χ0v) is 21.1. The molecule has 3 aromatic rings. The fraction of sp³-hybridized carbons (Fsp3) is 0.464. The van der Waals surface area contributed by atoms with Crippen LogP contribution in [0.15, 0.2) is 35.6 Å². The Bertz CT molecular complexity index is 1270. The second-order valence-corrected chi connectivity index (χ2v) is 10.3. The van der Waals surface area contributed by atoms with Crippen molar-refractivity contribution in [1.82, 2.24) is 14.5 Å². The molecular formula is C28H36N6O. The first-order valence-electron chi connectivity index (χ1n) is 12.8. The monoisotopic (exact) mass is 472 g/mol. The fourth-order valence-corrected chi connectivity index (χ4v) is 5.68. The molecule has 0 bridgehead atoms. The van der Waals surface area contributed by atoms with E-state index in [1.54, 1.807) is 0 Å². The van der Waals surface area contributed by atoms with Crippen LogP contribution < -0.4 is 10.6 Å². The Morgan fingerprint density at radius 2 is 1.91 bits per heavy atom. The molecular weight excluding hydrogens is 436 g/mol. The summed E-state index contributed by atoms with van der Waals surface area (Å²) >= 11 is 0. The molecule has 5 rings (SSSR count). The third kappa shape index (κ3) is 4.57. The zero-order chi connectivity index (χ0) is 24.5. The normalized spacial score (nSPS) is 15.8. The van der Waals surface area contributed by atoms with Crippen LogP contribution in [0.4, 0.5) is 11.4 Å². The van der Waals surface area contributed by atoms with E-state index in [0.29, 0.717) is 18.0 Å². The van der Waals surface area contributed by atoms with Crippen molar-refractivity contribution >= 4 is 34.5 Å². The van der Waals surface area contributed by atoms with E-state index in [2.05, 4.69) is 57.7 Å². The molecule has 1 amide bonds. The molecule has 1 aromatic heterocycles. The minimum atomic E-state index is -0.394. The Hall–Kier alpha value is -3.19. The highest BCUT2D eigenvalue weighted by atomic mass is 16.1. The number of imidazole rings is 1. The molecule has 0 atom stereocenters. The number of hydrogen-bond acceptors (Lipinski definition) is 5. The van der Waals surface area contributed by atoms with Gasteiger partial charge in [-0.3, -0.25) is 9.79 Å². The molecule has 7 nitrogen and oxygen atoms in total. The van der Waals surface area contributed by atoms with Gasteiger partial charge >= 0.3 is 0 Å². The van der Waals surface area contributed by atoms with Crippen LogP contribution in [0.5, 0.6) is 0 Å². The van der Waals surface area contributed by atoms with Gasteiger partial charge in [-0.2, -0.15) is 0 Å². The van der Waals surface area contributed by atoms with E-state index in [1.165, 1.54) is 37.6 Å². The van der Waals surface area contributed by atoms with Crippen LogP contribution in [-0.2, 0) is 6.42 Å². The Morgan fingerprint density at radius 1 is 1.11 bits per heavy atom. The molecule has 0 saturated heterocycles. The number of benzene rings is 2. The van der Waals surface area contributed by atoms with E-state index in [1.807, 2.05) is 19.6 Å². The number of nitrogens with zero attached hydrogens (tertiary/aromatic N) is 5. The lowest BCUT2D eigenvalue weighted by molar-refractivity contribution is 0.1000. The summed E-state index contributed by atoms with van der Waals surface area (Å²) in [5, 5.41) is 0. The van der Waals surface area contributed by atoms with Crippen LogP contribution in [0.25, 0.3) is 22.2 Å². The Kier molecular flexibility index (Phi) is 6.60. The molecule has 1 fully saturated rings. The average Bonchev–Trinajstić information content (AvgIpc) is 3.50. The lowest BCUT2D eigenvalue weighted by Gasteiger charge is -2.25. The van der Waals surface area contributed by atoms with Crippen molar-refractivity contribution in [2.24, 2.45) is 10.7 Å². The van der Waals surface area contributed by atoms with E-state index in [9.17, 15) is 4.79 Å². The highest BCUT2D eigenvalue weighted by molar-refractivity contribution is 6.06. The molecule has 2 heterocycles. The van der Waals surface area contributed by atoms with E-state index in [4.69, 9.17) is 10.7 Å². The number of carbonyl (C=O) groups is 1. The second-order valence-electron chi connectivity index (χ2n) is 10.3. The summed E-state index contributed by atoms with van der Waals surface area (Å²) in [6, 6.07) is 9.17. The highest BCUT2D eigenvalue weighted by Crippen LogP contribution is 2.43. The minimum Gasteiger partial charge on any atom is -0.374 e. The van der Waals surface area contributed by atoms with Gasteiger partial charge in [0.05, 0.1) is 34.3 Å². The standard InChI is InChI=1S/C28H36N6O/c1-32(2)14-7-15-33(3)25-17-22(27-21(12-13-30-27)26(25)28(29)35)19-10-11-24-23(16-19)31-18-34(24)20-8-5-4-6-9-20/h10-11,13,16-18,20H,4-9,12,14-15H2,1-3H3,(H2,29,35). The molecule has 0 radical (unpaired) electrons. The molecule has 1 saturated carbocycles. The Morgan fingerprint density at radius 3 is 2.66 bits per heavy atom. The number of nitrogens with two attached hydrogens (primary N) is 1. The van der Waals surface area contributed by atoms with Crippen molar-refractivity contribution in [3.8, 4) is 11.1 Å². The molecule has 2 N–H and O–H groups in total. The molecule has 2 aromatic carbocycles. The molecule has 1 aliphatic carbocycles. The van der Waals surface area contributed by atoms with Crippen molar-refractivity contribution < 1.29 is 4.79 Å². The summed E-state index contributed by atoms with van der Waals surface area (Å²) in [7, 11) is 6.19. The lowest BCUT2D eigenvalue weighted by Crippen LogP contribution is -2.27. The van der Waals surface area contributed by atoms with Gasteiger partial charge in [-0.15, -0.1) is 0 Å². The molecule has 2 aliphatic rings. The van der Waals surface area contributed by atoms with E-state index >= 15 is 0 Å². The van der Waals surface area contributed by atoms with Gasteiger partial charge in [0.2, 0.25) is 0 Å². The summed E-state index contributed by atoms with van der Waals surface area (Å²) in [5.74, 6) is -0.394. The number of carbonyl (C=O) groups excluding carboxylic acids is 1. The smallest absolute Gasteiger partial charge is 0.251 e. The largest absolute Gasteiger partial charge is 0.374 e. The molecule has 0 spiro atoms. The Labute approximate surface area is 207 Å².